The van der Waals surface area contributed by atoms with Crippen LogP contribution in [0.4, 0.5) is 0 Å². The van der Waals surface area contributed by atoms with E-state index in [-0.39, 0.29) is 5.91 Å². The van der Waals surface area contributed by atoms with E-state index < -0.39 is 0 Å². The van der Waals surface area contributed by atoms with Gasteiger partial charge in [0, 0.05) is 49.7 Å². The molecule has 2 N–H and O–H groups in total. The lowest BCUT2D eigenvalue weighted by Crippen LogP contribution is -2.33. The fourth-order valence-electron chi connectivity index (χ4n) is 2.03. The largest absolute Gasteiger partial charge is 0.383 e. The minimum atomic E-state index is -0.137. The number of benzene rings is 1. The molecule has 0 radical (unpaired) electrons. The highest BCUT2D eigenvalue weighted by Crippen LogP contribution is 2.21. The van der Waals surface area contributed by atoms with Crippen molar-refractivity contribution in [3.05, 3.63) is 53.3 Å². The summed E-state index contributed by atoms with van der Waals surface area (Å²) in [6.07, 6.45) is 3.29. The first-order valence-electron chi connectivity index (χ1n) is 7.39. The average Bonchev–Trinajstić information content (AvgIpc) is 2.58. The van der Waals surface area contributed by atoms with Gasteiger partial charge in [0.05, 0.1) is 12.2 Å². The number of aromatic nitrogens is 1. The molecule has 6 heteroatoms. The van der Waals surface area contributed by atoms with Crippen molar-refractivity contribution in [2.75, 3.05) is 33.4 Å². The molecule has 2 aromatic rings. The summed E-state index contributed by atoms with van der Waals surface area (Å²) in [7, 11) is 1.66. The van der Waals surface area contributed by atoms with Gasteiger partial charge in [0.25, 0.3) is 5.91 Å². The first-order chi connectivity index (χ1) is 11.2. The van der Waals surface area contributed by atoms with E-state index in [0.717, 1.165) is 17.7 Å². The number of methoxy groups -OCH3 is 1. The molecule has 2 rings (SSSR count). The van der Waals surface area contributed by atoms with Crippen LogP contribution in [0.25, 0.3) is 11.1 Å². The van der Waals surface area contributed by atoms with Gasteiger partial charge in [-0.2, -0.15) is 0 Å². The summed E-state index contributed by atoms with van der Waals surface area (Å²) in [4.78, 5) is 16.3. The number of amides is 1. The molecule has 0 unspecified atom stereocenters. The van der Waals surface area contributed by atoms with E-state index in [1.807, 2.05) is 30.3 Å². The maximum atomic E-state index is 12.1. The lowest BCUT2D eigenvalue weighted by Gasteiger charge is -2.08. The molecule has 0 atom stereocenters. The summed E-state index contributed by atoms with van der Waals surface area (Å²) in [5, 5.41) is 6.71. The van der Waals surface area contributed by atoms with E-state index >= 15 is 0 Å². The molecule has 0 saturated carbocycles. The van der Waals surface area contributed by atoms with Crippen molar-refractivity contribution in [2.24, 2.45) is 0 Å². The van der Waals surface area contributed by atoms with Crippen molar-refractivity contribution >= 4 is 17.5 Å². The minimum absolute atomic E-state index is 0.137. The van der Waals surface area contributed by atoms with E-state index in [9.17, 15) is 4.79 Å². The van der Waals surface area contributed by atoms with Crippen LogP contribution in [0, 0.1) is 0 Å². The molecule has 1 aromatic heterocycles. The fourth-order valence-corrected chi connectivity index (χ4v) is 2.16. The van der Waals surface area contributed by atoms with Gasteiger partial charge in [0.15, 0.2) is 0 Å². The molecular weight excluding hydrogens is 314 g/mol. The van der Waals surface area contributed by atoms with E-state index in [2.05, 4.69) is 15.6 Å². The highest BCUT2D eigenvalue weighted by molar-refractivity contribution is 6.30. The summed E-state index contributed by atoms with van der Waals surface area (Å²) >= 11 is 5.89. The zero-order chi connectivity index (χ0) is 16.5. The Morgan fingerprint density at radius 3 is 2.65 bits per heavy atom. The second-order valence-corrected chi connectivity index (χ2v) is 5.40. The standard InChI is InChI=1S/C17H20ClN3O2/c1-23-9-8-19-6-7-21-17(22)15-10-14(11-20-12-15)13-2-4-16(18)5-3-13/h2-5,10-12,19H,6-9H2,1H3,(H,21,22). The summed E-state index contributed by atoms with van der Waals surface area (Å²) in [6.45, 7) is 2.66. The van der Waals surface area contributed by atoms with Crippen molar-refractivity contribution < 1.29 is 9.53 Å². The van der Waals surface area contributed by atoms with Gasteiger partial charge in [-0.05, 0) is 23.8 Å². The van der Waals surface area contributed by atoms with Gasteiger partial charge in [-0.1, -0.05) is 23.7 Å². The maximum absolute atomic E-state index is 12.1. The van der Waals surface area contributed by atoms with Gasteiger partial charge in [0.1, 0.15) is 0 Å². The SMILES string of the molecule is COCCNCCNC(=O)c1cncc(-c2ccc(Cl)cc2)c1. The van der Waals surface area contributed by atoms with Crippen LogP contribution in [-0.2, 0) is 4.74 Å². The first-order valence-corrected chi connectivity index (χ1v) is 7.77. The van der Waals surface area contributed by atoms with Crippen LogP contribution in [0.2, 0.25) is 5.02 Å². The van der Waals surface area contributed by atoms with Gasteiger partial charge < -0.3 is 15.4 Å². The van der Waals surface area contributed by atoms with Crippen LogP contribution in [0.1, 0.15) is 10.4 Å². The van der Waals surface area contributed by atoms with Gasteiger partial charge in [-0.25, -0.2) is 0 Å². The normalized spacial score (nSPS) is 10.5. The van der Waals surface area contributed by atoms with Gasteiger partial charge in [-0.15, -0.1) is 0 Å². The average molecular weight is 334 g/mol. The van der Waals surface area contributed by atoms with E-state index in [1.165, 1.54) is 0 Å². The smallest absolute Gasteiger partial charge is 0.252 e. The Kier molecular flexibility index (Phi) is 7.00. The van der Waals surface area contributed by atoms with Gasteiger partial charge in [-0.3, -0.25) is 9.78 Å². The number of nitrogens with zero attached hydrogens (tertiary/aromatic N) is 1. The fraction of sp³-hybridized carbons (Fsp3) is 0.294. The Balaban J connectivity index is 1.91. The van der Waals surface area contributed by atoms with Crippen molar-refractivity contribution in [3.63, 3.8) is 0 Å². The summed E-state index contributed by atoms with van der Waals surface area (Å²) < 4.78 is 4.94. The number of halogens is 1. The lowest BCUT2D eigenvalue weighted by atomic mass is 10.1. The van der Waals surface area contributed by atoms with Crippen LogP contribution < -0.4 is 10.6 Å². The first kappa shape index (κ1) is 17.4. The predicted molar refractivity (Wildman–Crippen MR) is 91.8 cm³/mol. The van der Waals surface area contributed by atoms with Crippen molar-refractivity contribution in [1.29, 1.82) is 0 Å². The summed E-state index contributed by atoms with van der Waals surface area (Å²) in [5.74, 6) is -0.137. The lowest BCUT2D eigenvalue weighted by molar-refractivity contribution is 0.0953. The number of rotatable bonds is 8. The second kappa shape index (κ2) is 9.25. The Morgan fingerprint density at radius 2 is 1.91 bits per heavy atom. The third-order valence-electron chi connectivity index (χ3n) is 3.25. The van der Waals surface area contributed by atoms with Crippen LogP contribution in [0.15, 0.2) is 42.7 Å². The molecule has 0 spiro atoms. The number of carbonyl (C=O) groups is 1. The third kappa shape index (κ3) is 5.63. The quantitative estimate of drug-likeness (QED) is 0.728. The molecule has 5 nitrogen and oxygen atoms in total. The monoisotopic (exact) mass is 333 g/mol. The highest BCUT2D eigenvalue weighted by atomic mass is 35.5. The number of hydrogen-bond acceptors (Lipinski definition) is 4. The molecule has 1 amide bonds. The van der Waals surface area contributed by atoms with Crippen LogP contribution in [0.3, 0.4) is 0 Å². The van der Waals surface area contributed by atoms with Crippen LogP contribution >= 0.6 is 11.6 Å². The molecule has 0 fully saturated rings. The molecule has 122 valence electrons. The van der Waals surface area contributed by atoms with Gasteiger partial charge >= 0.3 is 0 Å². The number of pyridine rings is 1. The zero-order valence-electron chi connectivity index (χ0n) is 13.0. The third-order valence-corrected chi connectivity index (χ3v) is 3.50. The summed E-state index contributed by atoms with van der Waals surface area (Å²) in [5.41, 5.74) is 2.39. The van der Waals surface area contributed by atoms with Crippen LogP contribution in [0.5, 0.6) is 0 Å². The van der Waals surface area contributed by atoms with Crippen molar-refractivity contribution in [2.45, 2.75) is 0 Å². The Labute approximate surface area is 141 Å². The number of carbonyl (C=O) groups excluding carboxylic acids is 1. The van der Waals surface area contributed by atoms with E-state index in [0.29, 0.717) is 30.3 Å². The number of nitrogens with one attached hydrogen (secondary N) is 2. The minimum Gasteiger partial charge on any atom is -0.383 e. The van der Waals surface area contributed by atoms with Gasteiger partial charge in [0.2, 0.25) is 0 Å². The molecular formula is C17H20ClN3O2. The Hall–Kier alpha value is -1.95. The van der Waals surface area contributed by atoms with Crippen LogP contribution in [-0.4, -0.2) is 44.2 Å². The van der Waals surface area contributed by atoms with E-state index in [1.54, 1.807) is 19.5 Å². The molecule has 0 aliphatic heterocycles. The topological polar surface area (TPSA) is 63.2 Å². The number of ether oxygens (including phenoxy) is 1. The molecule has 23 heavy (non-hydrogen) atoms. The predicted octanol–water partition coefficient (Wildman–Crippen LogP) is 2.37. The molecule has 0 saturated heterocycles. The van der Waals surface area contributed by atoms with E-state index in [4.69, 9.17) is 16.3 Å². The Bertz CT molecular complexity index is 632. The molecule has 0 aliphatic carbocycles. The highest BCUT2D eigenvalue weighted by Gasteiger charge is 2.07. The van der Waals surface area contributed by atoms with Crippen molar-refractivity contribution in [3.8, 4) is 11.1 Å². The second-order valence-electron chi connectivity index (χ2n) is 4.97. The molecule has 1 aromatic carbocycles. The molecule has 0 bridgehead atoms. The summed E-state index contributed by atoms with van der Waals surface area (Å²) in [6, 6.07) is 9.26. The van der Waals surface area contributed by atoms with Crippen molar-refractivity contribution in [1.82, 2.24) is 15.6 Å². The molecule has 1 heterocycles. The molecule has 0 aliphatic rings. The Morgan fingerprint density at radius 1 is 1.13 bits per heavy atom. The zero-order valence-corrected chi connectivity index (χ0v) is 13.8. The number of hydrogen-bond donors (Lipinski definition) is 2. The maximum Gasteiger partial charge on any atom is 0.252 e.